The van der Waals surface area contributed by atoms with Crippen molar-refractivity contribution in [1.82, 2.24) is 0 Å². The summed E-state index contributed by atoms with van der Waals surface area (Å²) in [6.07, 6.45) is 11.2. The molecule has 4 heteroatoms. The normalized spacial score (nSPS) is 49.7. The summed E-state index contributed by atoms with van der Waals surface area (Å²) in [6, 6.07) is 0. The second-order valence-corrected chi connectivity index (χ2v) is 10.6. The zero-order chi connectivity index (χ0) is 19.4. The molecule has 0 bridgehead atoms. The molecule has 0 unspecified atom stereocenters. The summed E-state index contributed by atoms with van der Waals surface area (Å²) in [6.45, 7) is 8.58. The van der Waals surface area contributed by atoms with Crippen LogP contribution in [0.4, 0.5) is 0 Å². The van der Waals surface area contributed by atoms with Gasteiger partial charge >= 0.3 is 5.97 Å². The van der Waals surface area contributed by atoms with E-state index in [1.165, 1.54) is 44.9 Å². The van der Waals surface area contributed by atoms with Crippen molar-refractivity contribution in [1.29, 1.82) is 0 Å². The Morgan fingerprint density at radius 1 is 0.963 bits per heavy atom. The second kappa shape index (κ2) is 6.77. The Bertz CT molecular complexity index is 631. The average molecular weight is 376 g/mol. The lowest BCUT2D eigenvalue weighted by Crippen LogP contribution is -2.54. The van der Waals surface area contributed by atoms with Gasteiger partial charge in [-0.2, -0.15) is 0 Å². The van der Waals surface area contributed by atoms with Gasteiger partial charge in [0.25, 0.3) is 0 Å². The van der Waals surface area contributed by atoms with Gasteiger partial charge < -0.3 is 9.94 Å². The van der Waals surface area contributed by atoms with Crippen LogP contribution in [-0.2, 0) is 9.53 Å². The number of rotatable bonds is 2. The third kappa shape index (κ3) is 2.93. The zero-order valence-electron chi connectivity index (χ0n) is 17.5. The van der Waals surface area contributed by atoms with Crippen molar-refractivity contribution in [2.45, 2.75) is 91.6 Å². The Morgan fingerprint density at radius 2 is 1.67 bits per heavy atom. The highest BCUT2D eigenvalue weighted by Crippen LogP contribution is 2.67. The van der Waals surface area contributed by atoms with Gasteiger partial charge in [0.2, 0.25) is 0 Å². The molecule has 0 spiro atoms. The molecule has 4 rings (SSSR count). The van der Waals surface area contributed by atoms with E-state index in [0.29, 0.717) is 22.7 Å². The lowest BCUT2D eigenvalue weighted by molar-refractivity contribution is -0.159. The van der Waals surface area contributed by atoms with Crippen molar-refractivity contribution in [2.24, 2.45) is 45.6 Å². The first-order valence-electron chi connectivity index (χ1n) is 11.2. The maximum absolute atomic E-state index is 11.4. The molecule has 0 amide bonds. The van der Waals surface area contributed by atoms with Crippen LogP contribution in [-0.4, -0.2) is 23.0 Å². The predicted octanol–water partition coefficient (Wildman–Crippen LogP) is 5.43. The number of hydrogen-bond donors (Lipinski definition) is 1. The van der Waals surface area contributed by atoms with Crippen LogP contribution in [0.15, 0.2) is 5.16 Å². The molecule has 27 heavy (non-hydrogen) atoms. The zero-order valence-corrected chi connectivity index (χ0v) is 17.5. The molecular formula is C23H37NO3. The predicted molar refractivity (Wildman–Crippen MR) is 106 cm³/mol. The summed E-state index contributed by atoms with van der Waals surface area (Å²) < 4.78 is 5.58. The van der Waals surface area contributed by atoms with Crippen LogP contribution in [0.3, 0.4) is 0 Å². The molecule has 4 aliphatic carbocycles. The standard InChI is InChI=1S/C23H37NO3/c1-14(24-26)19-7-8-20-18-6-5-16-13-17(27-15(2)25)9-11-22(16,3)21(18)10-12-23(19,20)4/h16-21,26H,5-13H2,1-4H3/b24-14+/t16-,17-,18+,19+,20+,21+,22-,23+/m0/s1. The van der Waals surface area contributed by atoms with Gasteiger partial charge in [0.1, 0.15) is 6.10 Å². The summed E-state index contributed by atoms with van der Waals surface area (Å²) in [4.78, 5) is 11.4. The maximum atomic E-state index is 11.4. The maximum Gasteiger partial charge on any atom is 0.302 e. The van der Waals surface area contributed by atoms with Crippen molar-refractivity contribution >= 4 is 11.7 Å². The first-order chi connectivity index (χ1) is 12.8. The number of fused-ring (bicyclic) bond motifs is 5. The van der Waals surface area contributed by atoms with E-state index >= 15 is 0 Å². The number of nitrogens with zero attached hydrogens (tertiary/aromatic N) is 1. The highest BCUT2D eigenvalue weighted by Gasteiger charge is 2.60. The van der Waals surface area contributed by atoms with Crippen LogP contribution in [0.5, 0.6) is 0 Å². The molecule has 8 atom stereocenters. The van der Waals surface area contributed by atoms with Gasteiger partial charge in [-0.1, -0.05) is 19.0 Å². The van der Waals surface area contributed by atoms with Gasteiger partial charge in [-0.05, 0) is 99.2 Å². The van der Waals surface area contributed by atoms with E-state index < -0.39 is 0 Å². The molecule has 0 aliphatic heterocycles. The topological polar surface area (TPSA) is 58.9 Å². The molecule has 4 fully saturated rings. The fourth-order valence-corrected chi connectivity index (χ4v) is 8.32. The highest BCUT2D eigenvalue weighted by molar-refractivity contribution is 5.84. The number of esters is 1. The average Bonchev–Trinajstić information content (AvgIpc) is 2.98. The first-order valence-corrected chi connectivity index (χ1v) is 11.2. The minimum absolute atomic E-state index is 0.122. The molecule has 4 nitrogen and oxygen atoms in total. The molecule has 0 saturated heterocycles. The van der Waals surface area contributed by atoms with Crippen LogP contribution in [0.1, 0.15) is 85.5 Å². The molecule has 4 saturated carbocycles. The van der Waals surface area contributed by atoms with Crippen LogP contribution >= 0.6 is 0 Å². The van der Waals surface area contributed by atoms with Crippen LogP contribution in [0.2, 0.25) is 0 Å². The minimum Gasteiger partial charge on any atom is -0.463 e. The van der Waals surface area contributed by atoms with Gasteiger partial charge in [-0.25, -0.2) is 0 Å². The number of carbonyl (C=O) groups is 1. The first kappa shape index (κ1) is 19.3. The van der Waals surface area contributed by atoms with E-state index in [-0.39, 0.29) is 12.1 Å². The van der Waals surface area contributed by atoms with E-state index in [2.05, 4.69) is 19.0 Å². The van der Waals surface area contributed by atoms with Gasteiger partial charge in [0.15, 0.2) is 0 Å². The molecule has 1 N–H and O–H groups in total. The lowest BCUT2D eigenvalue weighted by atomic mass is 9.44. The minimum atomic E-state index is -0.122. The SMILES string of the molecule is CC(=O)O[C@H]1CC[C@@]2(C)[C@@H](CC[C@H]3[C@H]2CC[C@]2(C)[C@@H](/C(C)=N/O)CC[C@H]32)C1. The Labute approximate surface area is 164 Å². The molecule has 0 radical (unpaired) electrons. The summed E-state index contributed by atoms with van der Waals surface area (Å²) in [5, 5.41) is 13.0. The van der Waals surface area contributed by atoms with E-state index in [0.717, 1.165) is 36.3 Å². The van der Waals surface area contributed by atoms with Gasteiger partial charge in [0.05, 0.1) is 5.71 Å². The van der Waals surface area contributed by atoms with Crippen LogP contribution in [0, 0.1) is 40.4 Å². The number of oxime groups is 1. The van der Waals surface area contributed by atoms with Crippen LogP contribution in [0.25, 0.3) is 0 Å². The third-order valence-electron chi connectivity index (χ3n) is 9.61. The molecule has 0 aromatic carbocycles. The number of hydrogen-bond acceptors (Lipinski definition) is 4. The third-order valence-corrected chi connectivity index (χ3v) is 9.61. The number of ether oxygens (including phenoxy) is 1. The Balaban J connectivity index is 1.54. The van der Waals surface area contributed by atoms with E-state index in [9.17, 15) is 10.0 Å². The van der Waals surface area contributed by atoms with Crippen molar-refractivity contribution < 1.29 is 14.7 Å². The lowest BCUT2D eigenvalue weighted by Gasteiger charge is -2.61. The molecule has 0 aromatic heterocycles. The second-order valence-electron chi connectivity index (χ2n) is 10.6. The van der Waals surface area contributed by atoms with Gasteiger partial charge in [0, 0.05) is 12.8 Å². The smallest absolute Gasteiger partial charge is 0.302 e. The molecule has 0 heterocycles. The van der Waals surface area contributed by atoms with E-state index in [1.54, 1.807) is 6.92 Å². The summed E-state index contributed by atoms with van der Waals surface area (Å²) in [7, 11) is 0. The van der Waals surface area contributed by atoms with E-state index in [4.69, 9.17) is 4.74 Å². The fourth-order valence-electron chi connectivity index (χ4n) is 8.32. The summed E-state index contributed by atoms with van der Waals surface area (Å²) in [5.74, 6) is 3.47. The highest BCUT2D eigenvalue weighted by atomic mass is 16.5. The molecular weight excluding hydrogens is 338 g/mol. The molecule has 152 valence electrons. The Morgan fingerprint density at radius 3 is 2.37 bits per heavy atom. The largest absolute Gasteiger partial charge is 0.463 e. The van der Waals surface area contributed by atoms with Gasteiger partial charge in [-0.15, -0.1) is 0 Å². The quantitative estimate of drug-likeness (QED) is 0.303. The van der Waals surface area contributed by atoms with Crippen molar-refractivity contribution in [2.75, 3.05) is 0 Å². The Hall–Kier alpha value is -1.06. The Kier molecular flexibility index (Phi) is 4.83. The molecule has 4 aliphatic rings. The van der Waals surface area contributed by atoms with Crippen molar-refractivity contribution in [3.05, 3.63) is 0 Å². The molecule has 0 aromatic rings. The van der Waals surface area contributed by atoms with Gasteiger partial charge in [-0.3, -0.25) is 4.79 Å². The monoisotopic (exact) mass is 375 g/mol. The number of carbonyl (C=O) groups excluding carboxylic acids is 1. The van der Waals surface area contributed by atoms with Crippen LogP contribution < -0.4 is 0 Å². The van der Waals surface area contributed by atoms with E-state index in [1.807, 2.05) is 6.92 Å². The van der Waals surface area contributed by atoms with Crippen molar-refractivity contribution in [3.63, 3.8) is 0 Å². The fraction of sp³-hybridized carbons (Fsp3) is 0.913. The van der Waals surface area contributed by atoms with Crippen molar-refractivity contribution in [3.8, 4) is 0 Å². The summed E-state index contributed by atoms with van der Waals surface area (Å²) in [5.41, 5.74) is 1.68. The summed E-state index contributed by atoms with van der Waals surface area (Å²) >= 11 is 0.